The number of ether oxygens (including phenoxy) is 3. The minimum absolute atomic E-state index is 0. The van der Waals surface area contributed by atoms with E-state index in [4.69, 9.17) is 14.2 Å². The van der Waals surface area contributed by atoms with Crippen LogP contribution in [-0.4, -0.2) is 42.5 Å². The quantitative estimate of drug-likeness (QED) is 0.288. The SMILES string of the molecule is COc1ccc(OC)c(C[N-]C(=O)c2ccccc2N=Nc2c(C(C)(C)C)nn(C)c2OC)c1.O.[Cu+]. The summed E-state index contributed by atoms with van der Waals surface area (Å²) in [6.07, 6.45) is 0. The Morgan fingerprint density at radius 2 is 1.72 bits per heavy atom. The van der Waals surface area contributed by atoms with Crippen molar-refractivity contribution >= 4 is 17.3 Å². The number of aromatic nitrogens is 2. The van der Waals surface area contributed by atoms with Crippen LogP contribution in [0.2, 0.25) is 0 Å². The number of aryl methyl sites for hydroxylation is 1. The second-order valence-corrected chi connectivity index (χ2v) is 8.60. The van der Waals surface area contributed by atoms with Gasteiger partial charge in [0.2, 0.25) is 5.88 Å². The smallest absolute Gasteiger partial charge is 0.645 e. The van der Waals surface area contributed by atoms with Crippen molar-refractivity contribution in [3.63, 3.8) is 0 Å². The molecule has 0 saturated heterocycles. The molecule has 0 aliphatic heterocycles. The van der Waals surface area contributed by atoms with E-state index in [1.807, 2.05) is 20.8 Å². The summed E-state index contributed by atoms with van der Waals surface area (Å²) in [5.41, 5.74) is 2.48. The first-order valence-corrected chi connectivity index (χ1v) is 10.7. The van der Waals surface area contributed by atoms with E-state index >= 15 is 0 Å². The molecule has 0 spiro atoms. The summed E-state index contributed by atoms with van der Waals surface area (Å²) < 4.78 is 17.8. The third kappa shape index (κ3) is 6.84. The zero-order valence-electron chi connectivity index (χ0n) is 21.4. The van der Waals surface area contributed by atoms with E-state index in [2.05, 4.69) is 20.6 Å². The van der Waals surface area contributed by atoms with Gasteiger partial charge in [-0.1, -0.05) is 45.5 Å². The number of methoxy groups -OCH3 is 3. The van der Waals surface area contributed by atoms with Gasteiger partial charge in [0, 0.05) is 18.0 Å². The van der Waals surface area contributed by atoms with Crippen LogP contribution in [-0.2, 0) is 36.1 Å². The monoisotopic (exact) mass is 545 g/mol. The number of amides is 1. The Hall–Kier alpha value is -3.40. The van der Waals surface area contributed by atoms with E-state index in [0.717, 1.165) is 11.3 Å². The van der Waals surface area contributed by atoms with Crippen molar-refractivity contribution < 1.29 is 41.5 Å². The van der Waals surface area contributed by atoms with Crippen LogP contribution in [0.1, 0.15) is 42.4 Å². The summed E-state index contributed by atoms with van der Waals surface area (Å²) in [6, 6.07) is 12.3. The molecule has 3 aromatic rings. The molecule has 1 amide bonds. The van der Waals surface area contributed by atoms with Gasteiger partial charge in [-0.2, -0.15) is 5.10 Å². The Morgan fingerprint density at radius 3 is 2.33 bits per heavy atom. The van der Waals surface area contributed by atoms with E-state index in [9.17, 15) is 4.79 Å². The molecule has 10 nitrogen and oxygen atoms in total. The second-order valence-electron chi connectivity index (χ2n) is 8.60. The number of rotatable bonds is 8. The molecule has 0 bridgehead atoms. The predicted octanol–water partition coefficient (Wildman–Crippen LogP) is 5.05. The maximum atomic E-state index is 13.0. The number of carbonyl (C=O) groups excluding carboxylic acids is 1. The van der Waals surface area contributed by atoms with E-state index in [1.165, 1.54) is 0 Å². The van der Waals surface area contributed by atoms with Crippen LogP contribution in [0.15, 0.2) is 52.7 Å². The van der Waals surface area contributed by atoms with Crippen LogP contribution in [0.25, 0.3) is 5.32 Å². The Morgan fingerprint density at radius 1 is 1.03 bits per heavy atom. The topological polar surface area (TPSA) is 133 Å². The molecular weight excluding hydrogens is 514 g/mol. The number of hydrogen-bond acceptors (Lipinski definition) is 7. The van der Waals surface area contributed by atoms with Gasteiger partial charge in [0.15, 0.2) is 5.69 Å². The predicted molar refractivity (Wildman–Crippen MR) is 134 cm³/mol. The fourth-order valence-corrected chi connectivity index (χ4v) is 3.41. The van der Waals surface area contributed by atoms with Gasteiger partial charge in [-0.25, -0.2) is 4.68 Å². The van der Waals surface area contributed by atoms with E-state index in [1.54, 1.807) is 75.5 Å². The molecule has 2 aromatic carbocycles. The molecule has 0 saturated carbocycles. The molecule has 0 unspecified atom stereocenters. The third-order valence-corrected chi connectivity index (χ3v) is 5.15. The molecule has 3 rings (SSSR count). The number of carbonyl (C=O) groups is 1. The molecule has 1 aromatic heterocycles. The van der Waals surface area contributed by atoms with Crippen molar-refractivity contribution in [3.05, 3.63) is 64.6 Å². The standard InChI is InChI=1S/C25H31N5O4.Cu.H2O/c1-25(2,3)22-21(24(34-7)30(4)29-22)28-27-19-11-9-8-10-18(19)23(31)26-15-16-14-17(32-5)12-13-20(16)33-6;;/h8-14H,15H2,1-7H3,(H,26,31);;1H2/q;+1;/p-1. The van der Waals surface area contributed by atoms with Gasteiger partial charge in [-0.15, -0.1) is 10.2 Å². The number of hydrogen-bond donors (Lipinski definition) is 0. The van der Waals surface area contributed by atoms with Crippen LogP contribution < -0.4 is 14.2 Å². The fraction of sp³-hybridized carbons (Fsp3) is 0.360. The fourth-order valence-electron chi connectivity index (χ4n) is 3.41. The van der Waals surface area contributed by atoms with Crippen LogP contribution in [0.3, 0.4) is 0 Å². The van der Waals surface area contributed by atoms with Gasteiger partial charge in [0.25, 0.3) is 0 Å². The Labute approximate surface area is 221 Å². The average molecular weight is 546 g/mol. The largest absolute Gasteiger partial charge is 1.00 e. The molecule has 198 valence electrons. The van der Waals surface area contributed by atoms with Crippen molar-refractivity contribution in [2.75, 3.05) is 21.3 Å². The minimum atomic E-state index is -0.409. The molecule has 0 aliphatic carbocycles. The molecule has 0 atom stereocenters. The Balaban J connectivity index is 0.00000324. The number of azo groups is 1. The summed E-state index contributed by atoms with van der Waals surface area (Å²) in [5, 5.41) is 17.6. The summed E-state index contributed by atoms with van der Waals surface area (Å²) in [5.74, 6) is 1.37. The molecule has 0 fully saturated rings. The maximum absolute atomic E-state index is 13.0. The zero-order chi connectivity index (χ0) is 24.9. The molecule has 0 aliphatic rings. The summed E-state index contributed by atoms with van der Waals surface area (Å²) in [4.78, 5) is 13.0. The first-order valence-electron chi connectivity index (χ1n) is 10.7. The zero-order valence-corrected chi connectivity index (χ0v) is 22.4. The summed E-state index contributed by atoms with van der Waals surface area (Å²) in [7, 11) is 6.50. The first kappa shape index (κ1) is 30.6. The van der Waals surface area contributed by atoms with Gasteiger partial charge in [-0.3, -0.25) is 0 Å². The molecule has 1 heterocycles. The van der Waals surface area contributed by atoms with Crippen molar-refractivity contribution in [1.29, 1.82) is 0 Å². The summed E-state index contributed by atoms with van der Waals surface area (Å²) in [6.45, 7) is 6.25. The first-order chi connectivity index (χ1) is 16.2. The summed E-state index contributed by atoms with van der Waals surface area (Å²) >= 11 is 0. The van der Waals surface area contributed by atoms with E-state index in [-0.39, 0.29) is 34.5 Å². The van der Waals surface area contributed by atoms with Crippen LogP contribution in [0.4, 0.5) is 11.4 Å². The van der Waals surface area contributed by atoms with Crippen molar-refractivity contribution in [1.82, 2.24) is 9.78 Å². The molecule has 11 heteroatoms. The molecule has 0 radical (unpaired) electrons. The van der Waals surface area contributed by atoms with Crippen LogP contribution in [0.5, 0.6) is 17.4 Å². The minimum Gasteiger partial charge on any atom is -0.645 e. The molecule has 36 heavy (non-hydrogen) atoms. The van der Waals surface area contributed by atoms with Gasteiger partial charge in [-0.05, 0) is 29.8 Å². The van der Waals surface area contributed by atoms with E-state index < -0.39 is 5.91 Å². The number of benzene rings is 2. The van der Waals surface area contributed by atoms with Gasteiger partial charge in [0.1, 0.15) is 11.5 Å². The average Bonchev–Trinajstić information content (AvgIpc) is 3.16. The van der Waals surface area contributed by atoms with Crippen LogP contribution >= 0.6 is 0 Å². The third-order valence-electron chi connectivity index (χ3n) is 5.15. The van der Waals surface area contributed by atoms with Crippen LogP contribution in [0, 0.1) is 0 Å². The van der Waals surface area contributed by atoms with Crippen molar-refractivity contribution in [2.45, 2.75) is 32.7 Å². The molecule has 2 N–H and O–H groups in total. The second kappa shape index (κ2) is 13.1. The van der Waals surface area contributed by atoms with Gasteiger partial charge >= 0.3 is 17.1 Å². The number of nitrogens with zero attached hydrogens (tertiary/aromatic N) is 5. The Bertz CT molecular complexity index is 1200. The van der Waals surface area contributed by atoms with Gasteiger partial charge < -0.3 is 29.8 Å². The van der Waals surface area contributed by atoms with Crippen molar-refractivity contribution in [2.24, 2.45) is 17.3 Å². The van der Waals surface area contributed by atoms with E-state index in [0.29, 0.717) is 34.3 Å². The normalized spacial score (nSPS) is 10.9. The van der Waals surface area contributed by atoms with Gasteiger partial charge in [0.05, 0.1) is 38.6 Å². The van der Waals surface area contributed by atoms with Crippen molar-refractivity contribution in [3.8, 4) is 17.4 Å². The Kier molecular flexibility index (Phi) is 11.1. The molecular formula is C25H32CuN5O5. The maximum Gasteiger partial charge on any atom is 1.00 e.